The normalized spacial score (nSPS) is 13.9. The molecule has 0 radical (unpaired) electrons. The first-order chi connectivity index (χ1) is 8.25. The molecule has 0 bridgehead atoms. The minimum Gasteiger partial charge on any atom is -0.274 e. The molecular weight excluding hydrogens is 236 g/mol. The fraction of sp³-hybridized carbons (Fsp3) is 0.0769. The van der Waals surface area contributed by atoms with E-state index < -0.39 is 0 Å². The molecule has 0 aliphatic carbocycles. The highest BCUT2D eigenvalue weighted by Gasteiger charge is 2.29. The van der Waals surface area contributed by atoms with Crippen molar-refractivity contribution in [3.05, 3.63) is 53.2 Å². The second kappa shape index (κ2) is 3.86. The zero-order valence-corrected chi connectivity index (χ0v) is 9.69. The van der Waals surface area contributed by atoms with Gasteiger partial charge in [-0.2, -0.15) is 0 Å². The number of carbonyl (C=O) groups excluding carboxylic acids is 1. The molecule has 0 fully saturated rings. The molecule has 1 aromatic heterocycles. The molecule has 1 aliphatic heterocycles. The largest absolute Gasteiger partial charge is 0.274 e. The first-order valence-corrected chi connectivity index (χ1v) is 5.66. The summed E-state index contributed by atoms with van der Waals surface area (Å²) >= 11 is 5.92. The van der Waals surface area contributed by atoms with Crippen LogP contribution < -0.4 is 4.90 Å². The van der Waals surface area contributed by atoms with Gasteiger partial charge in [-0.25, -0.2) is 4.98 Å². The van der Waals surface area contributed by atoms with Crippen molar-refractivity contribution < 1.29 is 4.79 Å². The number of benzene rings is 1. The number of amides is 1. The van der Waals surface area contributed by atoms with E-state index in [2.05, 4.69) is 4.98 Å². The zero-order valence-electron chi connectivity index (χ0n) is 8.93. The van der Waals surface area contributed by atoms with E-state index in [1.54, 1.807) is 17.2 Å². The average molecular weight is 245 g/mol. The van der Waals surface area contributed by atoms with Crippen molar-refractivity contribution in [1.29, 1.82) is 0 Å². The third-order valence-corrected chi connectivity index (χ3v) is 2.99. The lowest BCUT2D eigenvalue weighted by Gasteiger charge is -2.15. The van der Waals surface area contributed by atoms with Gasteiger partial charge in [0.25, 0.3) is 0 Å². The number of hydrogen-bond acceptors (Lipinski definition) is 2. The average Bonchev–Trinajstić information content (AvgIpc) is 2.65. The van der Waals surface area contributed by atoms with E-state index in [1.807, 2.05) is 30.3 Å². The van der Waals surface area contributed by atoms with Crippen LogP contribution in [0, 0.1) is 0 Å². The Kier molecular flexibility index (Phi) is 2.34. The number of rotatable bonds is 1. The lowest BCUT2D eigenvalue weighted by molar-refractivity contribution is -0.116. The monoisotopic (exact) mass is 244 g/mol. The number of pyridine rings is 1. The highest BCUT2D eigenvalue weighted by atomic mass is 35.5. The zero-order chi connectivity index (χ0) is 11.8. The molecule has 0 atom stereocenters. The van der Waals surface area contributed by atoms with Crippen LogP contribution in [0.25, 0.3) is 0 Å². The molecule has 3 rings (SSSR count). The van der Waals surface area contributed by atoms with Gasteiger partial charge in [-0.3, -0.25) is 9.69 Å². The predicted molar refractivity (Wildman–Crippen MR) is 66.5 cm³/mol. The molecule has 17 heavy (non-hydrogen) atoms. The fourth-order valence-electron chi connectivity index (χ4n) is 2.03. The summed E-state index contributed by atoms with van der Waals surface area (Å²) in [5.41, 5.74) is 1.83. The Morgan fingerprint density at radius 3 is 2.88 bits per heavy atom. The summed E-state index contributed by atoms with van der Waals surface area (Å²) in [4.78, 5) is 17.8. The summed E-state index contributed by atoms with van der Waals surface area (Å²) in [6, 6.07) is 11.0. The molecule has 2 heterocycles. The van der Waals surface area contributed by atoms with Crippen molar-refractivity contribution in [3.63, 3.8) is 0 Å². The van der Waals surface area contributed by atoms with Crippen LogP contribution in [0.5, 0.6) is 0 Å². The van der Waals surface area contributed by atoms with Gasteiger partial charge in [-0.05, 0) is 35.9 Å². The molecule has 1 aliphatic rings. The van der Waals surface area contributed by atoms with Gasteiger partial charge in [0.2, 0.25) is 5.91 Å². The van der Waals surface area contributed by atoms with Gasteiger partial charge in [0, 0.05) is 11.2 Å². The quantitative estimate of drug-likeness (QED) is 0.773. The summed E-state index contributed by atoms with van der Waals surface area (Å²) in [7, 11) is 0. The Morgan fingerprint density at radius 1 is 1.24 bits per heavy atom. The molecule has 0 spiro atoms. The molecule has 2 aromatic rings. The van der Waals surface area contributed by atoms with Crippen LogP contribution in [-0.2, 0) is 11.2 Å². The Morgan fingerprint density at radius 2 is 2.12 bits per heavy atom. The predicted octanol–water partition coefficient (Wildman–Crippen LogP) is 2.96. The third kappa shape index (κ3) is 1.68. The van der Waals surface area contributed by atoms with E-state index in [1.165, 1.54) is 0 Å². The molecule has 0 saturated carbocycles. The summed E-state index contributed by atoms with van der Waals surface area (Å²) in [6.07, 6.45) is 2.06. The molecule has 84 valence electrons. The maximum absolute atomic E-state index is 12.0. The van der Waals surface area contributed by atoms with Crippen LogP contribution in [0.1, 0.15) is 5.56 Å². The SMILES string of the molecule is O=C1Cc2cc(Cl)ccc2N1c1ccccn1. The van der Waals surface area contributed by atoms with Crippen molar-refractivity contribution in [3.8, 4) is 0 Å². The van der Waals surface area contributed by atoms with E-state index in [0.29, 0.717) is 17.3 Å². The maximum Gasteiger partial charge on any atom is 0.237 e. The van der Waals surface area contributed by atoms with Crippen molar-refractivity contribution in [2.24, 2.45) is 0 Å². The van der Waals surface area contributed by atoms with Gasteiger partial charge in [-0.1, -0.05) is 17.7 Å². The Bertz CT molecular complexity index is 583. The van der Waals surface area contributed by atoms with Gasteiger partial charge in [0.05, 0.1) is 12.1 Å². The van der Waals surface area contributed by atoms with E-state index in [-0.39, 0.29) is 5.91 Å². The van der Waals surface area contributed by atoms with Gasteiger partial charge in [-0.15, -0.1) is 0 Å². The standard InChI is InChI=1S/C13H9ClN2O/c14-10-4-5-11-9(7-10)8-13(17)16(11)12-3-1-2-6-15-12/h1-7H,8H2. The highest BCUT2D eigenvalue weighted by molar-refractivity contribution is 6.31. The molecule has 4 heteroatoms. The highest BCUT2D eigenvalue weighted by Crippen LogP contribution is 2.35. The van der Waals surface area contributed by atoms with Crippen molar-refractivity contribution >= 4 is 29.0 Å². The topological polar surface area (TPSA) is 33.2 Å². The van der Waals surface area contributed by atoms with Gasteiger partial charge in [0.15, 0.2) is 0 Å². The van der Waals surface area contributed by atoms with Gasteiger partial charge >= 0.3 is 0 Å². The van der Waals surface area contributed by atoms with Crippen molar-refractivity contribution in [2.75, 3.05) is 4.90 Å². The van der Waals surface area contributed by atoms with Crippen LogP contribution in [0.15, 0.2) is 42.6 Å². The van der Waals surface area contributed by atoms with Gasteiger partial charge < -0.3 is 0 Å². The number of aromatic nitrogens is 1. The number of anilines is 2. The lowest BCUT2D eigenvalue weighted by Crippen LogP contribution is -2.21. The third-order valence-electron chi connectivity index (χ3n) is 2.75. The lowest BCUT2D eigenvalue weighted by atomic mass is 10.2. The first-order valence-electron chi connectivity index (χ1n) is 5.28. The minimum absolute atomic E-state index is 0.0287. The molecule has 1 amide bonds. The Balaban J connectivity index is 2.12. The van der Waals surface area contributed by atoms with E-state index in [0.717, 1.165) is 11.3 Å². The number of halogens is 1. The Hall–Kier alpha value is -1.87. The van der Waals surface area contributed by atoms with E-state index >= 15 is 0 Å². The van der Waals surface area contributed by atoms with Gasteiger partial charge in [0.1, 0.15) is 5.82 Å². The number of fused-ring (bicyclic) bond motifs is 1. The number of carbonyl (C=O) groups is 1. The number of nitrogens with zero attached hydrogens (tertiary/aromatic N) is 2. The van der Waals surface area contributed by atoms with E-state index in [9.17, 15) is 4.79 Å². The maximum atomic E-state index is 12.0. The fourth-order valence-corrected chi connectivity index (χ4v) is 2.22. The summed E-state index contributed by atoms with van der Waals surface area (Å²) < 4.78 is 0. The molecule has 0 N–H and O–H groups in total. The minimum atomic E-state index is 0.0287. The van der Waals surface area contributed by atoms with E-state index in [4.69, 9.17) is 11.6 Å². The van der Waals surface area contributed by atoms with Crippen LogP contribution in [0.2, 0.25) is 5.02 Å². The second-order valence-corrected chi connectivity index (χ2v) is 4.30. The van der Waals surface area contributed by atoms with Crippen LogP contribution >= 0.6 is 11.6 Å². The summed E-state index contributed by atoms with van der Waals surface area (Å²) in [5, 5.41) is 0.652. The van der Waals surface area contributed by atoms with Crippen LogP contribution in [-0.4, -0.2) is 10.9 Å². The smallest absolute Gasteiger partial charge is 0.237 e. The van der Waals surface area contributed by atoms with Crippen LogP contribution in [0.4, 0.5) is 11.5 Å². The summed E-state index contributed by atoms with van der Waals surface area (Å²) in [6.45, 7) is 0. The van der Waals surface area contributed by atoms with Crippen molar-refractivity contribution in [1.82, 2.24) is 4.98 Å². The first kappa shape index (κ1) is 10.3. The summed E-state index contributed by atoms with van der Waals surface area (Å²) in [5.74, 6) is 0.680. The van der Waals surface area contributed by atoms with Crippen LogP contribution in [0.3, 0.4) is 0 Å². The second-order valence-electron chi connectivity index (χ2n) is 3.87. The Labute approximate surface area is 104 Å². The molecule has 0 saturated heterocycles. The number of hydrogen-bond donors (Lipinski definition) is 0. The molecule has 1 aromatic carbocycles. The molecule has 3 nitrogen and oxygen atoms in total. The van der Waals surface area contributed by atoms with Crippen molar-refractivity contribution in [2.45, 2.75) is 6.42 Å². The molecule has 0 unspecified atom stereocenters. The molecular formula is C13H9ClN2O.